The van der Waals surface area contributed by atoms with Crippen LogP contribution in [0.1, 0.15) is 38.2 Å². The second-order valence-corrected chi connectivity index (χ2v) is 4.79. The molecule has 0 radical (unpaired) electrons. The highest BCUT2D eigenvalue weighted by atomic mass is 16.5. The van der Waals surface area contributed by atoms with Crippen molar-refractivity contribution >= 4 is 0 Å². The first-order valence-corrected chi connectivity index (χ1v) is 6.81. The standard InChI is InChI=1S/C15H25NO3/c1-4-7-19-14-6-5-12(9-15(14)18-3)11(2)8-13(17)10-16/h5-6,9,11,13,17H,4,7-8,10,16H2,1-3H3. The quantitative estimate of drug-likeness (QED) is 0.758. The van der Waals surface area contributed by atoms with Crippen LogP contribution in [0.5, 0.6) is 11.5 Å². The average molecular weight is 267 g/mol. The molecule has 4 nitrogen and oxygen atoms in total. The predicted octanol–water partition coefficient (Wildman–Crippen LogP) is 2.30. The Kier molecular flexibility index (Phi) is 6.67. The third-order valence-electron chi connectivity index (χ3n) is 3.12. The Bertz CT molecular complexity index is 382. The van der Waals surface area contributed by atoms with E-state index in [1.165, 1.54) is 0 Å². The molecule has 0 aliphatic rings. The lowest BCUT2D eigenvalue weighted by molar-refractivity contribution is 0.165. The zero-order valence-corrected chi connectivity index (χ0v) is 12.1. The van der Waals surface area contributed by atoms with E-state index in [-0.39, 0.29) is 5.92 Å². The van der Waals surface area contributed by atoms with Gasteiger partial charge in [-0.05, 0) is 36.5 Å². The summed E-state index contributed by atoms with van der Waals surface area (Å²) in [6.45, 7) is 5.10. The maximum absolute atomic E-state index is 9.61. The summed E-state index contributed by atoms with van der Waals surface area (Å²) in [5.74, 6) is 1.73. The van der Waals surface area contributed by atoms with Crippen molar-refractivity contribution in [3.8, 4) is 11.5 Å². The van der Waals surface area contributed by atoms with Gasteiger partial charge < -0.3 is 20.3 Å². The van der Waals surface area contributed by atoms with E-state index in [1.807, 2.05) is 18.2 Å². The summed E-state index contributed by atoms with van der Waals surface area (Å²) in [4.78, 5) is 0. The smallest absolute Gasteiger partial charge is 0.161 e. The molecule has 0 fully saturated rings. The summed E-state index contributed by atoms with van der Waals surface area (Å²) in [6.07, 6.45) is 1.15. The van der Waals surface area contributed by atoms with Crippen LogP contribution in [0.15, 0.2) is 18.2 Å². The summed E-state index contributed by atoms with van der Waals surface area (Å²) in [5, 5.41) is 9.61. The molecule has 0 heterocycles. The third-order valence-corrected chi connectivity index (χ3v) is 3.12. The highest BCUT2D eigenvalue weighted by Crippen LogP contribution is 2.32. The lowest BCUT2D eigenvalue weighted by Gasteiger charge is -2.17. The molecule has 0 bridgehead atoms. The van der Waals surface area contributed by atoms with Crippen molar-refractivity contribution in [2.24, 2.45) is 5.73 Å². The Morgan fingerprint density at radius 3 is 2.63 bits per heavy atom. The molecule has 1 aromatic carbocycles. The van der Waals surface area contributed by atoms with Crippen molar-refractivity contribution in [3.63, 3.8) is 0 Å². The zero-order chi connectivity index (χ0) is 14.3. The number of aliphatic hydroxyl groups is 1. The van der Waals surface area contributed by atoms with Crippen molar-refractivity contribution in [2.75, 3.05) is 20.3 Å². The number of benzene rings is 1. The Hall–Kier alpha value is -1.26. The fraction of sp³-hybridized carbons (Fsp3) is 0.600. The monoisotopic (exact) mass is 267 g/mol. The van der Waals surface area contributed by atoms with Gasteiger partial charge in [0, 0.05) is 6.54 Å². The number of hydrogen-bond acceptors (Lipinski definition) is 4. The van der Waals surface area contributed by atoms with Crippen LogP contribution in [0.2, 0.25) is 0 Å². The van der Waals surface area contributed by atoms with Crippen molar-refractivity contribution < 1.29 is 14.6 Å². The van der Waals surface area contributed by atoms with Gasteiger partial charge >= 0.3 is 0 Å². The van der Waals surface area contributed by atoms with E-state index < -0.39 is 6.10 Å². The van der Waals surface area contributed by atoms with Crippen LogP contribution in [-0.2, 0) is 0 Å². The molecule has 4 heteroatoms. The Morgan fingerprint density at radius 2 is 2.05 bits per heavy atom. The predicted molar refractivity (Wildman–Crippen MR) is 76.9 cm³/mol. The molecule has 19 heavy (non-hydrogen) atoms. The van der Waals surface area contributed by atoms with Gasteiger partial charge in [-0.15, -0.1) is 0 Å². The highest BCUT2D eigenvalue weighted by molar-refractivity contribution is 5.43. The number of methoxy groups -OCH3 is 1. The van der Waals surface area contributed by atoms with Crippen LogP contribution in [0, 0.1) is 0 Å². The number of ether oxygens (including phenoxy) is 2. The highest BCUT2D eigenvalue weighted by Gasteiger charge is 2.13. The molecular weight excluding hydrogens is 242 g/mol. The average Bonchev–Trinajstić information content (AvgIpc) is 2.44. The number of nitrogens with two attached hydrogens (primary N) is 1. The minimum absolute atomic E-state index is 0.229. The van der Waals surface area contributed by atoms with E-state index in [0.717, 1.165) is 23.5 Å². The van der Waals surface area contributed by atoms with Gasteiger partial charge in [-0.2, -0.15) is 0 Å². The molecule has 0 saturated carbocycles. The van der Waals surface area contributed by atoms with E-state index in [4.69, 9.17) is 15.2 Å². The molecule has 3 N–H and O–H groups in total. The minimum atomic E-state index is -0.461. The second kappa shape index (κ2) is 8.02. The van der Waals surface area contributed by atoms with Gasteiger partial charge in [0.15, 0.2) is 11.5 Å². The molecule has 0 spiro atoms. The van der Waals surface area contributed by atoms with Crippen molar-refractivity contribution in [1.82, 2.24) is 0 Å². The zero-order valence-electron chi connectivity index (χ0n) is 12.1. The van der Waals surface area contributed by atoms with Crippen molar-refractivity contribution in [3.05, 3.63) is 23.8 Å². The number of aliphatic hydroxyl groups excluding tert-OH is 1. The molecule has 0 amide bonds. The van der Waals surface area contributed by atoms with Gasteiger partial charge in [0.05, 0.1) is 19.8 Å². The van der Waals surface area contributed by atoms with Crippen molar-refractivity contribution in [1.29, 1.82) is 0 Å². The van der Waals surface area contributed by atoms with Gasteiger partial charge in [-0.3, -0.25) is 0 Å². The van der Waals surface area contributed by atoms with Crippen LogP contribution in [-0.4, -0.2) is 31.5 Å². The summed E-state index contributed by atoms with van der Waals surface area (Å²) < 4.78 is 11.0. The molecular formula is C15H25NO3. The van der Waals surface area contributed by atoms with E-state index >= 15 is 0 Å². The fourth-order valence-electron chi connectivity index (χ4n) is 1.96. The lowest BCUT2D eigenvalue weighted by Crippen LogP contribution is -2.21. The van der Waals surface area contributed by atoms with Gasteiger partial charge in [0.2, 0.25) is 0 Å². The van der Waals surface area contributed by atoms with Gasteiger partial charge in [-0.25, -0.2) is 0 Å². The third kappa shape index (κ3) is 4.73. The molecule has 0 aliphatic heterocycles. The molecule has 0 aromatic heterocycles. The van der Waals surface area contributed by atoms with E-state index in [9.17, 15) is 5.11 Å². The molecule has 0 aliphatic carbocycles. The largest absolute Gasteiger partial charge is 0.493 e. The Labute approximate surface area is 115 Å². The maximum Gasteiger partial charge on any atom is 0.161 e. The lowest BCUT2D eigenvalue weighted by atomic mass is 9.94. The van der Waals surface area contributed by atoms with Crippen molar-refractivity contribution in [2.45, 2.75) is 38.7 Å². The molecule has 0 saturated heterocycles. The van der Waals surface area contributed by atoms with Gasteiger partial charge in [0.1, 0.15) is 0 Å². The summed E-state index contributed by atoms with van der Waals surface area (Å²) in [7, 11) is 1.64. The minimum Gasteiger partial charge on any atom is -0.493 e. The first-order valence-electron chi connectivity index (χ1n) is 6.81. The second-order valence-electron chi connectivity index (χ2n) is 4.79. The summed E-state index contributed by atoms with van der Waals surface area (Å²) in [5.41, 5.74) is 6.56. The van der Waals surface area contributed by atoms with E-state index in [2.05, 4.69) is 13.8 Å². The normalized spacial score (nSPS) is 13.9. The molecule has 2 unspecified atom stereocenters. The molecule has 1 rings (SSSR count). The topological polar surface area (TPSA) is 64.7 Å². The molecule has 2 atom stereocenters. The van der Waals surface area contributed by atoms with E-state index in [1.54, 1.807) is 7.11 Å². The first-order chi connectivity index (χ1) is 9.12. The Balaban J connectivity index is 2.80. The molecule has 1 aromatic rings. The number of hydrogen-bond donors (Lipinski definition) is 2. The van der Waals surface area contributed by atoms with Crippen LogP contribution in [0.3, 0.4) is 0 Å². The summed E-state index contributed by atoms with van der Waals surface area (Å²) >= 11 is 0. The van der Waals surface area contributed by atoms with Crippen LogP contribution in [0.25, 0.3) is 0 Å². The summed E-state index contributed by atoms with van der Waals surface area (Å²) in [6, 6.07) is 5.91. The maximum atomic E-state index is 9.61. The van der Waals surface area contributed by atoms with E-state index in [0.29, 0.717) is 19.6 Å². The molecule has 108 valence electrons. The van der Waals surface area contributed by atoms with Crippen LogP contribution < -0.4 is 15.2 Å². The van der Waals surface area contributed by atoms with Gasteiger partial charge in [-0.1, -0.05) is 19.9 Å². The number of rotatable bonds is 8. The first kappa shape index (κ1) is 15.8. The SMILES string of the molecule is CCCOc1ccc(C(C)CC(O)CN)cc1OC. The van der Waals surface area contributed by atoms with Crippen LogP contribution in [0.4, 0.5) is 0 Å². The van der Waals surface area contributed by atoms with Gasteiger partial charge in [0.25, 0.3) is 0 Å². The fourth-order valence-corrected chi connectivity index (χ4v) is 1.96. The Morgan fingerprint density at radius 1 is 1.32 bits per heavy atom. The van der Waals surface area contributed by atoms with Crippen LogP contribution >= 0.6 is 0 Å².